The molecule has 0 atom stereocenters. The van der Waals surface area contributed by atoms with E-state index in [1.807, 2.05) is 24.3 Å². The van der Waals surface area contributed by atoms with Crippen LogP contribution in [-0.4, -0.2) is 35.2 Å². The number of carbonyl (C=O) groups excluding carboxylic acids is 2. The molecule has 2 aromatic heterocycles. The summed E-state index contributed by atoms with van der Waals surface area (Å²) in [5.74, 6) is 0.0946. The molecule has 1 aromatic carbocycles. The molecule has 0 aliphatic rings. The molecule has 0 saturated heterocycles. The summed E-state index contributed by atoms with van der Waals surface area (Å²) in [4.78, 5) is 24.3. The van der Waals surface area contributed by atoms with Gasteiger partial charge in [-0.2, -0.15) is 5.10 Å². The van der Waals surface area contributed by atoms with Gasteiger partial charge in [0.15, 0.2) is 0 Å². The van der Waals surface area contributed by atoms with Crippen LogP contribution in [-0.2, 0) is 16.0 Å². The number of fused-ring (bicyclic) bond motifs is 1. The summed E-state index contributed by atoms with van der Waals surface area (Å²) in [6.45, 7) is 2.03. The molecular weight excluding hydrogens is 334 g/mol. The highest BCUT2D eigenvalue weighted by atomic mass is 16.5. The summed E-state index contributed by atoms with van der Waals surface area (Å²) >= 11 is 0. The largest absolute Gasteiger partial charge is 0.497 e. The maximum absolute atomic E-state index is 12.3. The Morgan fingerprint density at radius 3 is 2.85 bits per heavy atom. The molecule has 1 N–H and O–H groups in total. The Bertz CT molecular complexity index is 949. The molecule has 0 unspecified atom stereocenters. The number of benzene rings is 1. The van der Waals surface area contributed by atoms with Crippen molar-refractivity contribution in [3.8, 4) is 5.75 Å². The van der Waals surface area contributed by atoms with Gasteiger partial charge in [0.05, 0.1) is 31.9 Å². The highest BCUT2D eigenvalue weighted by Crippen LogP contribution is 2.18. The van der Waals surface area contributed by atoms with E-state index >= 15 is 0 Å². The number of amides is 1. The van der Waals surface area contributed by atoms with Gasteiger partial charge in [0, 0.05) is 11.9 Å². The van der Waals surface area contributed by atoms with Crippen LogP contribution in [0.15, 0.2) is 48.8 Å². The van der Waals surface area contributed by atoms with Gasteiger partial charge in [0.25, 0.3) is 0 Å². The van der Waals surface area contributed by atoms with Crippen LogP contribution in [0.1, 0.15) is 22.8 Å². The number of hydrogen-bond donors (Lipinski definition) is 1. The van der Waals surface area contributed by atoms with Crippen molar-refractivity contribution in [2.75, 3.05) is 19.0 Å². The molecule has 0 radical (unpaired) electrons. The van der Waals surface area contributed by atoms with Crippen LogP contribution >= 0.6 is 0 Å². The second kappa shape index (κ2) is 7.69. The number of hydrogen-bond acceptors (Lipinski definition) is 5. The van der Waals surface area contributed by atoms with Crippen LogP contribution < -0.4 is 10.1 Å². The van der Waals surface area contributed by atoms with E-state index in [0.29, 0.717) is 22.5 Å². The molecule has 0 saturated carbocycles. The number of esters is 1. The van der Waals surface area contributed by atoms with Crippen LogP contribution in [0.3, 0.4) is 0 Å². The molecule has 2 heterocycles. The first-order valence-electron chi connectivity index (χ1n) is 8.18. The van der Waals surface area contributed by atoms with E-state index in [9.17, 15) is 9.59 Å². The standard InChI is InChI=1S/C19H19N3O4/c1-3-26-19(24)16-12-20-22-8-7-14(11-17(16)22)21-18(23)10-13-5-4-6-15(9-13)25-2/h4-9,11-12H,3,10H2,1-2H3,(H,21,23). The Morgan fingerprint density at radius 2 is 2.08 bits per heavy atom. The maximum atomic E-state index is 12.3. The van der Waals surface area contributed by atoms with E-state index in [1.54, 1.807) is 36.9 Å². The zero-order chi connectivity index (χ0) is 18.5. The average molecular weight is 353 g/mol. The fraction of sp³-hybridized carbons (Fsp3) is 0.211. The first-order chi connectivity index (χ1) is 12.6. The highest BCUT2D eigenvalue weighted by molar-refractivity contribution is 5.98. The summed E-state index contributed by atoms with van der Waals surface area (Å²) in [5.41, 5.74) is 2.36. The van der Waals surface area contributed by atoms with Crippen molar-refractivity contribution >= 4 is 23.1 Å². The molecule has 7 heteroatoms. The van der Waals surface area contributed by atoms with Crippen LogP contribution in [0.25, 0.3) is 5.52 Å². The number of carbonyl (C=O) groups is 2. The summed E-state index contributed by atoms with van der Waals surface area (Å²) < 4.78 is 11.7. The topological polar surface area (TPSA) is 81.9 Å². The van der Waals surface area contributed by atoms with Crippen molar-refractivity contribution in [3.63, 3.8) is 0 Å². The summed E-state index contributed by atoms with van der Waals surface area (Å²) in [6.07, 6.45) is 3.35. The molecule has 0 aliphatic carbocycles. The van der Waals surface area contributed by atoms with Gasteiger partial charge in [-0.25, -0.2) is 9.31 Å². The Kier molecular flexibility index (Phi) is 5.17. The van der Waals surface area contributed by atoms with Gasteiger partial charge in [0.1, 0.15) is 11.3 Å². The minimum Gasteiger partial charge on any atom is -0.497 e. The Balaban J connectivity index is 1.76. The SMILES string of the molecule is CCOC(=O)c1cnn2ccc(NC(=O)Cc3cccc(OC)c3)cc12. The van der Waals surface area contributed by atoms with Crippen molar-refractivity contribution in [1.82, 2.24) is 9.61 Å². The van der Waals surface area contributed by atoms with Crippen molar-refractivity contribution in [2.24, 2.45) is 0 Å². The number of ether oxygens (including phenoxy) is 2. The van der Waals surface area contributed by atoms with E-state index < -0.39 is 5.97 Å². The number of nitrogens with zero attached hydrogens (tertiary/aromatic N) is 2. The third kappa shape index (κ3) is 3.83. The number of pyridine rings is 1. The third-order valence-corrected chi connectivity index (χ3v) is 3.80. The first kappa shape index (κ1) is 17.5. The van der Waals surface area contributed by atoms with E-state index in [4.69, 9.17) is 9.47 Å². The second-order valence-corrected chi connectivity index (χ2v) is 5.60. The number of anilines is 1. The Labute approximate surface area is 150 Å². The van der Waals surface area contributed by atoms with Crippen LogP contribution in [0.4, 0.5) is 5.69 Å². The van der Waals surface area contributed by atoms with Crippen molar-refractivity contribution < 1.29 is 19.1 Å². The maximum Gasteiger partial charge on any atom is 0.341 e. The van der Waals surface area contributed by atoms with Gasteiger partial charge < -0.3 is 14.8 Å². The van der Waals surface area contributed by atoms with E-state index in [0.717, 1.165) is 5.56 Å². The quantitative estimate of drug-likeness (QED) is 0.689. The number of rotatable bonds is 6. The van der Waals surface area contributed by atoms with Crippen molar-refractivity contribution in [1.29, 1.82) is 0 Å². The molecule has 3 aromatic rings. The van der Waals surface area contributed by atoms with E-state index in [-0.39, 0.29) is 18.9 Å². The fourth-order valence-electron chi connectivity index (χ4n) is 2.60. The smallest absolute Gasteiger partial charge is 0.341 e. The number of aromatic nitrogens is 2. The molecule has 0 bridgehead atoms. The first-order valence-corrected chi connectivity index (χ1v) is 8.18. The van der Waals surface area contributed by atoms with Gasteiger partial charge in [-0.1, -0.05) is 12.1 Å². The molecule has 3 rings (SSSR count). The fourth-order valence-corrected chi connectivity index (χ4v) is 2.60. The van der Waals surface area contributed by atoms with E-state index in [2.05, 4.69) is 10.4 Å². The summed E-state index contributed by atoms with van der Waals surface area (Å²) in [6, 6.07) is 10.8. The molecular formula is C19H19N3O4. The lowest BCUT2D eigenvalue weighted by atomic mass is 10.1. The second-order valence-electron chi connectivity index (χ2n) is 5.60. The Hall–Kier alpha value is -3.35. The zero-order valence-electron chi connectivity index (χ0n) is 14.6. The van der Waals surface area contributed by atoms with Gasteiger partial charge >= 0.3 is 5.97 Å². The average Bonchev–Trinajstić information content (AvgIpc) is 3.05. The molecule has 1 amide bonds. The van der Waals surface area contributed by atoms with Crippen molar-refractivity contribution in [3.05, 3.63) is 59.9 Å². The van der Waals surface area contributed by atoms with Crippen LogP contribution in [0.5, 0.6) is 5.75 Å². The van der Waals surface area contributed by atoms with E-state index in [1.165, 1.54) is 6.20 Å². The molecule has 7 nitrogen and oxygen atoms in total. The predicted molar refractivity (Wildman–Crippen MR) is 96.5 cm³/mol. The van der Waals surface area contributed by atoms with Gasteiger partial charge in [-0.15, -0.1) is 0 Å². The van der Waals surface area contributed by atoms with Crippen LogP contribution in [0.2, 0.25) is 0 Å². The van der Waals surface area contributed by atoms with Gasteiger partial charge in [-0.3, -0.25) is 4.79 Å². The van der Waals surface area contributed by atoms with Crippen molar-refractivity contribution in [2.45, 2.75) is 13.3 Å². The molecule has 0 aliphatic heterocycles. The zero-order valence-corrected chi connectivity index (χ0v) is 14.6. The number of methoxy groups -OCH3 is 1. The third-order valence-electron chi connectivity index (χ3n) is 3.80. The number of nitrogens with one attached hydrogen (secondary N) is 1. The lowest BCUT2D eigenvalue weighted by Gasteiger charge is -2.07. The lowest BCUT2D eigenvalue weighted by Crippen LogP contribution is -2.14. The highest BCUT2D eigenvalue weighted by Gasteiger charge is 2.14. The Morgan fingerprint density at radius 1 is 1.23 bits per heavy atom. The molecule has 0 spiro atoms. The monoisotopic (exact) mass is 353 g/mol. The normalized spacial score (nSPS) is 10.5. The minimum atomic E-state index is -0.442. The van der Waals surface area contributed by atoms with Gasteiger partial charge in [0.2, 0.25) is 5.91 Å². The van der Waals surface area contributed by atoms with Crippen LogP contribution in [0, 0.1) is 0 Å². The summed E-state index contributed by atoms with van der Waals surface area (Å²) in [7, 11) is 1.58. The molecule has 0 fully saturated rings. The minimum absolute atomic E-state index is 0.167. The predicted octanol–water partition coefficient (Wildman–Crippen LogP) is 2.70. The molecule has 134 valence electrons. The van der Waals surface area contributed by atoms with Gasteiger partial charge in [-0.05, 0) is 36.8 Å². The lowest BCUT2D eigenvalue weighted by molar-refractivity contribution is -0.115. The molecule has 26 heavy (non-hydrogen) atoms. The summed E-state index contributed by atoms with van der Waals surface area (Å²) in [5, 5.41) is 6.95.